The number of hydrogen-bond donors (Lipinski definition) is 0. The summed E-state index contributed by atoms with van der Waals surface area (Å²) in [5.74, 6) is 1.06. The van der Waals surface area contributed by atoms with Crippen LogP contribution in [0.25, 0.3) is 16.8 Å². The summed E-state index contributed by atoms with van der Waals surface area (Å²) in [4.78, 5) is 26.9. The van der Waals surface area contributed by atoms with Gasteiger partial charge in [0.15, 0.2) is 0 Å². The predicted octanol–water partition coefficient (Wildman–Crippen LogP) is 5.27. The number of nitrogens with zero attached hydrogens (tertiary/aromatic N) is 1. The SMILES string of the molecule is COc1ccc2ccccc2c1/C=C1\SC(=O)N(CCOc2cccc(C)c2)C1=O. The van der Waals surface area contributed by atoms with Crippen molar-refractivity contribution in [1.82, 2.24) is 4.90 Å². The van der Waals surface area contributed by atoms with Crippen LogP contribution in [0.1, 0.15) is 11.1 Å². The van der Waals surface area contributed by atoms with Crippen molar-refractivity contribution in [1.29, 1.82) is 0 Å². The maximum Gasteiger partial charge on any atom is 0.293 e. The van der Waals surface area contributed by atoms with Crippen molar-refractivity contribution in [2.75, 3.05) is 20.3 Å². The molecule has 0 atom stereocenters. The number of amides is 2. The van der Waals surface area contributed by atoms with Gasteiger partial charge in [-0.15, -0.1) is 0 Å². The third kappa shape index (κ3) is 4.04. The fraction of sp³-hybridized carbons (Fsp3) is 0.167. The molecule has 0 spiro atoms. The lowest BCUT2D eigenvalue weighted by atomic mass is 10.0. The molecule has 1 saturated heterocycles. The fourth-order valence-corrected chi connectivity index (χ4v) is 4.23. The van der Waals surface area contributed by atoms with Gasteiger partial charge < -0.3 is 9.47 Å². The number of fused-ring (bicyclic) bond motifs is 1. The quantitative estimate of drug-likeness (QED) is 0.509. The first kappa shape index (κ1) is 20.0. The molecule has 0 saturated carbocycles. The Labute approximate surface area is 179 Å². The summed E-state index contributed by atoms with van der Waals surface area (Å²) in [6, 6.07) is 19.4. The van der Waals surface area contributed by atoms with E-state index in [4.69, 9.17) is 9.47 Å². The van der Waals surface area contributed by atoms with Crippen LogP contribution in [0, 0.1) is 6.92 Å². The van der Waals surface area contributed by atoms with Gasteiger partial charge in [-0.05, 0) is 59.3 Å². The molecule has 0 bridgehead atoms. The van der Waals surface area contributed by atoms with Crippen LogP contribution in [-0.4, -0.2) is 36.3 Å². The molecular weight excluding hydrogens is 398 g/mol. The smallest absolute Gasteiger partial charge is 0.293 e. The molecule has 6 heteroatoms. The molecule has 3 aromatic carbocycles. The molecule has 1 aliphatic heterocycles. The van der Waals surface area contributed by atoms with Gasteiger partial charge in [-0.25, -0.2) is 0 Å². The molecule has 0 aliphatic carbocycles. The van der Waals surface area contributed by atoms with Crippen LogP contribution >= 0.6 is 11.8 Å². The molecule has 1 heterocycles. The highest BCUT2D eigenvalue weighted by atomic mass is 32.2. The summed E-state index contributed by atoms with van der Waals surface area (Å²) < 4.78 is 11.2. The minimum absolute atomic E-state index is 0.197. The first-order valence-corrected chi connectivity index (χ1v) is 10.4. The highest BCUT2D eigenvalue weighted by molar-refractivity contribution is 8.18. The lowest BCUT2D eigenvalue weighted by Gasteiger charge is -2.13. The first-order valence-electron chi connectivity index (χ1n) is 9.57. The first-order chi connectivity index (χ1) is 14.6. The minimum atomic E-state index is -0.312. The highest BCUT2D eigenvalue weighted by Crippen LogP contribution is 2.36. The van der Waals surface area contributed by atoms with E-state index in [1.807, 2.05) is 67.6 Å². The van der Waals surface area contributed by atoms with E-state index in [0.717, 1.165) is 39.4 Å². The highest BCUT2D eigenvalue weighted by Gasteiger charge is 2.35. The summed E-state index contributed by atoms with van der Waals surface area (Å²) in [6.07, 6.45) is 1.74. The van der Waals surface area contributed by atoms with Crippen molar-refractivity contribution < 1.29 is 19.1 Å². The largest absolute Gasteiger partial charge is 0.496 e. The van der Waals surface area contributed by atoms with E-state index < -0.39 is 0 Å². The number of imide groups is 1. The van der Waals surface area contributed by atoms with Crippen LogP contribution in [-0.2, 0) is 4.79 Å². The molecule has 3 aromatic rings. The van der Waals surface area contributed by atoms with Crippen molar-refractivity contribution in [3.63, 3.8) is 0 Å². The van der Waals surface area contributed by atoms with Gasteiger partial charge in [0.25, 0.3) is 11.1 Å². The average Bonchev–Trinajstić information content (AvgIpc) is 3.01. The van der Waals surface area contributed by atoms with E-state index in [9.17, 15) is 9.59 Å². The lowest BCUT2D eigenvalue weighted by Crippen LogP contribution is -2.32. The van der Waals surface area contributed by atoms with Gasteiger partial charge in [-0.1, -0.05) is 42.5 Å². The Morgan fingerprint density at radius 1 is 1.03 bits per heavy atom. The number of hydrogen-bond acceptors (Lipinski definition) is 5. The summed E-state index contributed by atoms with van der Waals surface area (Å²) in [5.41, 5.74) is 1.88. The zero-order valence-corrected chi connectivity index (χ0v) is 17.6. The lowest BCUT2D eigenvalue weighted by molar-refractivity contribution is -0.123. The Morgan fingerprint density at radius 2 is 1.87 bits per heavy atom. The Kier molecular flexibility index (Phi) is 5.77. The molecule has 0 radical (unpaired) electrons. The summed E-state index contributed by atoms with van der Waals surface area (Å²) >= 11 is 0.941. The molecule has 0 aromatic heterocycles. The van der Waals surface area contributed by atoms with Crippen LogP contribution in [0.4, 0.5) is 4.79 Å². The van der Waals surface area contributed by atoms with Crippen molar-refractivity contribution in [2.24, 2.45) is 0 Å². The molecule has 152 valence electrons. The number of aryl methyl sites for hydroxylation is 1. The standard InChI is InChI=1S/C24H21NO4S/c1-16-6-5-8-18(14-16)29-13-12-25-23(26)22(30-24(25)27)15-20-19-9-4-3-7-17(19)10-11-21(20)28-2/h3-11,14-15H,12-13H2,1-2H3/b22-15-. The number of benzene rings is 3. The molecule has 0 unspecified atom stereocenters. The van der Waals surface area contributed by atoms with Gasteiger partial charge in [0.1, 0.15) is 18.1 Å². The van der Waals surface area contributed by atoms with Gasteiger partial charge in [-0.3, -0.25) is 14.5 Å². The number of thioether (sulfide) groups is 1. The Bertz CT molecular complexity index is 1150. The van der Waals surface area contributed by atoms with Crippen LogP contribution in [0.5, 0.6) is 11.5 Å². The Balaban J connectivity index is 1.54. The molecule has 1 fully saturated rings. The van der Waals surface area contributed by atoms with Crippen molar-refractivity contribution in [2.45, 2.75) is 6.92 Å². The van der Waals surface area contributed by atoms with E-state index in [-0.39, 0.29) is 24.3 Å². The van der Waals surface area contributed by atoms with Crippen LogP contribution in [0.3, 0.4) is 0 Å². The molecular formula is C24H21NO4S. The molecule has 30 heavy (non-hydrogen) atoms. The monoisotopic (exact) mass is 419 g/mol. The second kappa shape index (κ2) is 8.63. The van der Waals surface area contributed by atoms with E-state index in [2.05, 4.69) is 0 Å². The van der Waals surface area contributed by atoms with E-state index in [1.54, 1.807) is 13.2 Å². The summed E-state index contributed by atoms with van der Waals surface area (Å²) in [6.45, 7) is 2.42. The normalized spacial score (nSPS) is 15.3. The maximum absolute atomic E-state index is 12.9. The molecule has 0 N–H and O–H groups in total. The fourth-order valence-electron chi connectivity index (χ4n) is 3.39. The van der Waals surface area contributed by atoms with Crippen LogP contribution in [0.2, 0.25) is 0 Å². The molecule has 1 aliphatic rings. The minimum Gasteiger partial charge on any atom is -0.496 e. The van der Waals surface area contributed by atoms with Crippen LogP contribution in [0.15, 0.2) is 65.6 Å². The number of carbonyl (C=O) groups is 2. The topological polar surface area (TPSA) is 55.8 Å². The zero-order valence-electron chi connectivity index (χ0n) is 16.8. The number of carbonyl (C=O) groups excluding carboxylic acids is 2. The van der Waals surface area contributed by atoms with E-state index in [1.165, 1.54) is 4.90 Å². The predicted molar refractivity (Wildman–Crippen MR) is 120 cm³/mol. The Morgan fingerprint density at radius 3 is 2.67 bits per heavy atom. The van der Waals surface area contributed by atoms with Crippen molar-refractivity contribution in [3.05, 3.63) is 76.7 Å². The van der Waals surface area contributed by atoms with Gasteiger partial charge in [-0.2, -0.15) is 0 Å². The van der Waals surface area contributed by atoms with E-state index in [0.29, 0.717) is 10.7 Å². The number of ether oxygens (including phenoxy) is 2. The average molecular weight is 420 g/mol. The third-order valence-corrected chi connectivity index (χ3v) is 5.78. The zero-order chi connectivity index (χ0) is 21.1. The second-order valence-electron chi connectivity index (χ2n) is 6.90. The summed E-state index contributed by atoms with van der Waals surface area (Å²) in [5, 5.41) is 1.71. The molecule has 2 amide bonds. The van der Waals surface area contributed by atoms with E-state index >= 15 is 0 Å². The van der Waals surface area contributed by atoms with Gasteiger partial charge in [0, 0.05) is 5.56 Å². The van der Waals surface area contributed by atoms with Crippen molar-refractivity contribution in [3.8, 4) is 11.5 Å². The summed E-state index contributed by atoms with van der Waals surface area (Å²) in [7, 11) is 1.59. The maximum atomic E-state index is 12.9. The Hall–Kier alpha value is -3.25. The van der Waals surface area contributed by atoms with Crippen molar-refractivity contribution >= 4 is 39.8 Å². The number of rotatable bonds is 6. The second-order valence-corrected chi connectivity index (χ2v) is 7.89. The third-order valence-electron chi connectivity index (χ3n) is 4.87. The van der Waals surface area contributed by atoms with Crippen LogP contribution < -0.4 is 9.47 Å². The van der Waals surface area contributed by atoms with Gasteiger partial charge in [0.2, 0.25) is 0 Å². The van der Waals surface area contributed by atoms with Gasteiger partial charge >= 0.3 is 0 Å². The molecule has 4 rings (SSSR count). The van der Waals surface area contributed by atoms with Gasteiger partial charge in [0.05, 0.1) is 18.6 Å². The molecule has 5 nitrogen and oxygen atoms in total. The number of methoxy groups -OCH3 is 1.